The van der Waals surface area contributed by atoms with Crippen molar-refractivity contribution in [2.45, 2.75) is 33.2 Å². The molecular formula is C16H23ClN2O. The van der Waals surface area contributed by atoms with Gasteiger partial charge in [-0.1, -0.05) is 12.1 Å². The molecular weight excluding hydrogens is 272 g/mol. The van der Waals surface area contributed by atoms with Crippen molar-refractivity contribution in [2.75, 3.05) is 24.3 Å². The zero-order valence-corrected chi connectivity index (χ0v) is 13.0. The summed E-state index contributed by atoms with van der Waals surface area (Å²) in [4.78, 5) is 14.6. The summed E-state index contributed by atoms with van der Waals surface area (Å²) in [7, 11) is 0. The largest absolute Gasteiger partial charge is 0.326 e. The third kappa shape index (κ3) is 3.97. The molecule has 110 valence electrons. The maximum atomic E-state index is 12.1. The normalized spacial score (nSPS) is 16.4. The van der Waals surface area contributed by atoms with Crippen molar-refractivity contribution in [1.82, 2.24) is 4.90 Å². The first-order valence-corrected chi connectivity index (χ1v) is 7.73. The molecule has 0 radical (unpaired) electrons. The highest BCUT2D eigenvalue weighted by atomic mass is 35.5. The average Bonchev–Trinajstić information content (AvgIpc) is 2.92. The molecule has 4 heteroatoms. The number of alkyl halides is 1. The summed E-state index contributed by atoms with van der Waals surface area (Å²) in [6.45, 7) is 7.02. The van der Waals surface area contributed by atoms with Crippen molar-refractivity contribution >= 4 is 23.2 Å². The van der Waals surface area contributed by atoms with Gasteiger partial charge in [0.25, 0.3) is 0 Å². The van der Waals surface area contributed by atoms with E-state index >= 15 is 0 Å². The van der Waals surface area contributed by atoms with Gasteiger partial charge in [-0.15, -0.1) is 11.6 Å². The summed E-state index contributed by atoms with van der Waals surface area (Å²) >= 11 is 5.83. The van der Waals surface area contributed by atoms with Gasteiger partial charge in [-0.2, -0.15) is 0 Å². The first-order valence-electron chi connectivity index (χ1n) is 7.20. The number of hydrogen-bond acceptors (Lipinski definition) is 2. The highest BCUT2D eigenvalue weighted by Gasteiger charge is 2.26. The lowest BCUT2D eigenvalue weighted by Crippen LogP contribution is -2.32. The van der Waals surface area contributed by atoms with E-state index in [1.807, 2.05) is 26.0 Å². The van der Waals surface area contributed by atoms with Crippen LogP contribution in [0.15, 0.2) is 24.3 Å². The smallest absolute Gasteiger partial charge is 0.231 e. The second-order valence-corrected chi connectivity index (χ2v) is 6.42. The summed E-state index contributed by atoms with van der Waals surface area (Å²) in [5.74, 6) is 0.276. The Morgan fingerprint density at radius 3 is 2.70 bits per heavy atom. The Labute approximate surface area is 126 Å². The van der Waals surface area contributed by atoms with Crippen LogP contribution in [0.2, 0.25) is 0 Å². The molecule has 1 N–H and O–H groups in total. The molecule has 0 aliphatic carbocycles. The van der Waals surface area contributed by atoms with Crippen LogP contribution in [0.1, 0.15) is 32.3 Å². The van der Waals surface area contributed by atoms with Gasteiger partial charge in [0.2, 0.25) is 5.91 Å². The molecule has 0 spiro atoms. The number of amides is 1. The highest BCUT2D eigenvalue weighted by molar-refractivity contribution is 6.20. The van der Waals surface area contributed by atoms with Gasteiger partial charge in [0.05, 0.1) is 5.41 Å². The molecule has 0 saturated carbocycles. The van der Waals surface area contributed by atoms with Crippen LogP contribution in [0, 0.1) is 5.41 Å². The lowest BCUT2D eigenvalue weighted by Gasteiger charge is -2.21. The van der Waals surface area contributed by atoms with Crippen molar-refractivity contribution < 1.29 is 4.79 Å². The second-order valence-electron chi connectivity index (χ2n) is 6.16. The van der Waals surface area contributed by atoms with E-state index < -0.39 is 5.41 Å². The quantitative estimate of drug-likeness (QED) is 0.843. The number of carbonyl (C=O) groups excluding carboxylic acids is 1. The average molecular weight is 295 g/mol. The fourth-order valence-electron chi connectivity index (χ4n) is 2.31. The maximum Gasteiger partial charge on any atom is 0.231 e. The highest BCUT2D eigenvalue weighted by Crippen LogP contribution is 2.21. The first-order chi connectivity index (χ1) is 9.51. The summed E-state index contributed by atoms with van der Waals surface area (Å²) < 4.78 is 0. The van der Waals surface area contributed by atoms with E-state index in [9.17, 15) is 4.79 Å². The summed E-state index contributed by atoms with van der Waals surface area (Å²) in [6, 6.07) is 8.09. The van der Waals surface area contributed by atoms with E-state index in [1.54, 1.807) is 0 Å². The topological polar surface area (TPSA) is 32.3 Å². The molecule has 0 atom stereocenters. The lowest BCUT2D eigenvalue weighted by molar-refractivity contribution is -0.122. The number of hydrogen-bond donors (Lipinski definition) is 1. The Balaban J connectivity index is 2.00. The summed E-state index contributed by atoms with van der Waals surface area (Å²) in [6.07, 6.45) is 2.58. The van der Waals surface area contributed by atoms with E-state index in [1.165, 1.54) is 31.5 Å². The van der Waals surface area contributed by atoms with Crippen molar-refractivity contribution in [1.29, 1.82) is 0 Å². The molecule has 1 fully saturated rings. The molecule has 1 aromatic rings. The Kier molecular flexibility index (Phi) is 5.06. The number of nitrogens with one attached hydrogen (secondary N) is 1. The van der Waals surface area contributed by atoms with E-state index in [2.05, 4.69) is 22.3 Å². The van der Waals surface area contributed by atoms with Crippen molar-refractivity contribution in [3.8, 4) is 0 Å². The van der Waals surface area contributed by atoms with Crippen molar-refractivity contribution in [3.63, 3.8) is 0 Å². The molecule has 1 saturated heterocycles. The number of benzene rings is 1. The van der Waals surface area contributed by atoms with E-state index in [4.69, 9.17) is 11.6 Å². The predicted octanol–water partition coefficient (Wildman–Crippen LogP) is 3.49. The molecule has 0 aromatic heterocycles. The third-order valence-corrected chi connectivity index (χ3v) is 4.41. The predicted molar refractivity (Wildman–Crippen MR) is 84.1 cm³/mol. The summed E-state index contributed by atoms with van der Waals surface area (Å²) in [5, 5.41) is 2.96. The minimum Gasteiger partial charge on any atom is -0.326 e. The number of carbonyl (C=O) groups is 1. The fraction of sp³-hybridized carbons (Fsp3) is 0.562. The molecule has 1 aliphatic rings. The van der Waals surface area contributed by atoms with E-state index in [0.717, 1.165) is 12.2 Å². The Morgan fingerprint density at radius 1 is 1.35 bits per heavy atom. The van der Waals surface area contributed by atoms with Gasteiger partial charge in [0, 0.05) is 18.1 Å². The van der Waals surface area contributed by atoms with Gasteiger partial charge in [0.1, 0.15) is 0 Å². The minimum absolute atomic E-state index is 0.0363. The zero-order chi connectivity index (χ0) is 14.6. The Hall–Kier alpha value is -1.06. The third-order valence-electron chi connectivity index (χ3n) is 3.74. The van der Waals surface area contributed by atoms with Crippen LogP contribution in [-0.2, 0) is 11.3 Å². The van der Waals surface area contributed by atoms with Gasteiger partial charge in [-0.05, 0) is 57.5 Å². The number of nitrogens with zero attached hydrogens (tertiary/aromatic N) is 1. The molecule has 0 bridgehead atoms. The minimum atomic E-state index is -0.549. The van der Waals surface area contributed by atoms with Gasteiger partial charge in [-0.3, -0.25) is 9.69 Å². The van der Waals surface area contributed by atoms with Gasteiger partial charge in [0.15, 0.2) is 0 Å². The SMILES string of the molecule is CC(C)(CCl)C(=O)Nc1cccc(CN2CCCC2)c1. The van der Waals surface area contributed by atoms with Crippen LogP contribution in [0.4, 0.5) is 5.69 Å². The number of rotatable bonds is 5. The lowest BCUT2D eigenvalue weighted by atomic mass is 9.95. The number of anilines is 1. The zero-order valence-electron chi connectivity index (χ0n) is 12.3. The van der Waals surface area contributed by atoms with Gasteiger partial charge in [-0.25, -0.2) is 0 Å². The van der Waals surface area contributed by atoms with Gasteiger partial charge >= 0.3 is 0 Å². The van der Waals surface area contributed by atoms with Crippen molar-refractivity contribution in [2.24, 2.45) is 5.41 Å². The first kappa shape index (κ1) is 15.3. The molecule has 1 aromatic carbocycles. The molecule has 0 unspecified atom stereocenters. The van der Waals surface area contributed by atoms with Crippen LogP contribution < -0.4 is 5.32 Å². The molecule has 1 heterocycles. The molecule has 20 heavy (non-hydrogen) atoms. The molecule has 2 rings (SSSR count). The van der Waals surface area contributed by atoms with Crippen molar-refractivity contribution in [3.05, 3.63) is 29.8 Å². The number of halogens is 1. The van der Waals surface area contributed by atoms with E-state index in [0.29, 0.717) is 5.88 Å². The van der Waals surface area contributed by atoms with Crippen LogP contribution in [-0.4, -0.2) is 29.8 Å². The second kappa shape index (κ2) is 6.59. The monoisotopic (exact) mass is 294 g/mol. The molecule has 1 aliphatic heterocycles. The number of likely N-dealkylation sites (tertiary alicyclic amines) is 1. The standard InChI is InChI=1S/C16H23ClN2O/c1-16(2,12-17)15(20)18-14-7-5-6-13(10-14)11-19-8-3-4-9-19/h5-7,10H,3-4,8-9,11-12H2,1-2H3,(H,18,20). The van der Waals surface area contributed by atoms with Crippen LogP contribution in [0.5, 0.6) is 0 Å². The van der Waals surface area contributed by atoms with E-state index in [-0.39, 0.29) is 5.91 Å². The van der Waals surface area contributed by atoms with Crippen LogP contribution >= 0.6 is 11.6 Å². The Bertz CT molecular complexity index is 467. The molecule has 3 nitrogen and oxygen atoms in total. The van der Waals surface area contributed by atoms with Crippen LogP contribution in [0.3, 0.4) is 0 Å². The Morgan fingerprint density at radius 2 is 2.05 bits per heavy atom. The fourth-order valence-corrected chi connectivity index (χ4v) is 2.43. The van der Waals surface area contributed by atoms with Crippen LogP contribution in [0.25, 0.3) is 0 Å². The van der Waals surface area contributed by atoms with Gasteiger partial charge < -0.3 is 5.32 Å². The summed E-state index contributed by atoms with van der Waals surface area (Å²) in [5.41, 5.74) is 1.55. The maximum absolute atomic E-state index is 12.1. The molecule has 1 amide bonds.